The molecule has 2 atom stereocenters. The van der Waals surface area contributed by atoms with Crippen LogP contribution < -0.4 is 0 Å². The molecule has 1 aromatic carbocycles. The summed E-state index contributed by atoms with van der Waals surface area (Å²) in [7, 11) is 0. The Labute approximate surface area is 147 Å². The van der Waals surface area contributed by atoms with Crippen molar-refractivity contribution in [2.75, 3.05) is 19.6 Å². The summed E-state index contributed by atoms with van der Waals surface area (Å²) in [5.41, 5.74) is 2.32. The molecule has 1 N–H and O–H groups in total. The maximum absolute atomic E-state index is 12.5. The SMILES string of the molecule is O=C(CCc1cccnc1)N1C[C@H]2CN(Cc3ccc(O)cc3)[C@@H]2C1. The first-order valence-electron chi connectivity index (χ1n) is 8.87. The fraction of sp³-hybridized carbons (Fsp3) is 0.400. The molecule has 0 saturated carbocycles. The zero-order valence-electron chi connectivity index (χ0n) is 14.2. The van der Waals surface area contributed by atoms with Crippen LogP contribution in [0.3, 0.4) is 0 Å². The lowest BCUT2D eigenvalue weighted by atomic mass is 9.91. The normalized spacial score (nSPS) is 22.5. The average Bonchev–Trinajstić information content (AvgIpc) is 2.97. The number of fused-ring (bicyclic) bond motifs is 1. The van der Waals surface area contributed by atoms with Gasteiger partial charge < -0.3 is 10.0 Å². The van der Waals surface area contributed by atoms with E-state index < -0.39 is 0 Å². The van der Waals surface area contributed by atoms with E-state index >= 15 is 0 Å². The minimum Gasteiger partial charge on any atom is -0.508 e. The monoisotopic (exact) mass is 337 g/mol. The van der Waals surface area contributed by atoms with Gasteiger partial charge in [0.1, 0.15) is 5.75 Å². The Morgan fingerprint density at radius 2 is 1.96 bits per heavy atom. The van der Waals surface area contributed by atoms with Gasteiger partial charge in [0.15, 0.2) is 0 Å². The van der Waals surface area contributed by atoms with Gasteiger partial charge in [0, 0.05) is 57.0 Å². The third kappa shape index (κ3) is 3.51. The average molecular weight is 337 g/mol. The molecular formula is C20H23N3O2. The molecule has 2 aliphatic rings. The van der Waals surface area contributed by atoms with Gasteiger partial charge in [0.2, 0.25) is 5.91 Å². The van der Waals surface area contributed by atoms with Crippen LogP contribution in [-0.2, 0) is 17.8 Å². The van der Waals surface area contributed by atoms with E-state index in [4.69, 9.17) is 0 Å². The zero-order chi connectivity index (χ0) is 17.2. The molecular weight excluding hydrogens is 314 g/mol. The van der Waals surface area contributed by atoms with Gasteiger partial charge in [-0.1, -0.05) is 18.2 Å². The minimum atomic E-state index is 0.253. The Bertz CT molecular complexity index is 732. The number of aromatic hydroxyl groups is 1. The van der Waals surface area contributed by atoms with Gasteiger partial charge in [0.25, 0.3) is 0 Å². The van der Waals surface area contributed by atoms with Gasteiger partial charge in [-0.3, -0.25) is 14.7 Å². The molecule has 1 amide bonds. The third-order valence-corrected chi connectivity index (χ3v) is 5.37. The molecule has 0 spiro atoms. The van der Waals surface area contributed by atoms with Crippen molar-refractivity contribution in [2.45, 2.75) is 25.4 Å². The summed E-state index contributed by atoms with van der Waals surface area (Å²) in [6, 6.07) is 11.8. The molecule has 5 heteroatoms. The first kappa shape index (κ1) is 16.1. The summed E-state index contributed by atoms with van der Waals surface area (Å²) in [6.07, 6.45) is 4.91. The molecule has 5 nitrogen and oxygen atoms in total. The van der Waals surface area contributed by atoms with Crippen molar-refractivity contribution in [1.29, 1.82) is 0 Å². The Kier molecular flexibility index (Phi) is 4.40. The van der Waals surface area contributed by atoms with Crippen molar-refractivity contribution in [3.8, 4) is 5.75 Å². The molecule has 2 fully saturated rings. The van der Waals surface area contributed by atoms with E-state index in [1.807, 2.05) is 35.4 Å². The van der Waals surface area contributed by atoms with Crippen LogP contribution in [0.1, 0.15) is 17.5 Å². The van der Waals surface area contributed by atoms with E-state index in [-0.39, 0.29) is 5.91 Å². The third-order valence-electron chi connectivity index (χ3n) is 5.37. The van der Waals surface area contributed by atoms with Crippen molar-refractivity contribution in [2.24, 2.45) is 5.92 Å². The number of pyridine rings is 1. The second kappa shape index (κ2) is 6.84. The first-order valence-corrected chi connectivity index (χ1v) is 8.87. The number of benzene rings is 1. The van der Waals surface area contributed by atoms with Gasteiger partial charge in [-0.05, 0) is 35.7 Å². The van der Waals surface area contributed by atoms with Crippen molar-refractivity contribution >= 4 is 5.91 Å². The van der Waals surface area contributed by atoms with Gasteiger partial charge in [-0.2, -0.15) is 0 Å². The van der Waals surface area contributed by atoms with E-state index in [1.165, 1.54) is 5.56 Å². The number of hydrogen-bond donors (Lipinski definition) is 1. The highest BCUT2D eigenvalue weighted by Crippen LogP contribution is 2.34. The maximum atomic E-state index is 12.5. The number of phenols is 1. The van der Waals surface area contributed by atoms with Crippen LogP contribution >= 0.6 is 0 Å². The molecule has 2 aliphatic heterocycles. The minimum absolute atomic E-state index is 0.253. The lowest BCUT2D eigenvalue weighted by Gasteiger charge is -2.43. The molecule has 25 heavy (non-hydrogen) atoms. The number of aryl methyl sites for hydroxylation is 1. The second-order valence-electron chi connectivity index (χ2n) is 7.08. The number of aromatic nitrogens is 1. The van der Waals surface area contributed by atoms with Crippen molar-refractivity contribution in [1.82, 2.24) is 14.8 Å². The Balaban J connectivity index is 1.28. The Morgan fingerprint density at radius 3 is 2.72 bits per heavy atom. The number of nitrogens with zero attached hydrogens (tertiary/aromatic N) is 3. The largest absolute Gasteiger partial charge is 0.508 e. The van der Waals surface area contributed by atoms with Gasteiger partial charge >= 0.3 is 0 Å². The number of phenolic OH excluding ortho intramolecular Hbond substituents is 1. The molecule has 130 valence electrons. The number of amides is 1. The summed E-state index contributed by atoms with van der Waals surface area (Å²) in [5, 5.41) is 9.38. The van der Waals surface area contributed by atoms with Crippen LogP contribution in [0.2, 0.25) is 0 Å². The van der Waals surface area contributed by atoms with E-state index in [9.17, 15) is 9.90 Å². The molecule has 0 bridgehead atoms. The topological polar surface area (TPSA) is 56.7 Å². The molecule has 2 saturated heterocycles. The molecule has 4 rings (SSSR count). The van der Waals surface area contributed by atoms with Crippen LogP contribution in [-0.4, -0.2) is 51.5 Å². The Morgan fingerprint density at radius 1 is 1.12 bits per heavy atom. The predicted octanol–water partition coefficient (Wildman–Crippen LogP) is 2.06. The fourth-order valence-corrected chi connectivity index (χ4v) is 3.92. The van der Waals surface area contributed by atoms with E-state index in [1.54, 1.807) is 18.3 Å². The highest BCUT2D eigenvalue weighted by Gasteiger charge is 2.46. The molecule has 1 aromatic heterocycles. The summed E-state index contributed by atoms with van der Waals surface area (Å²) in [6.45, 7) is 3.67. The van der Waals surface area contributed by atoms with Crippen molar-refractivity contribution in [3.05, 3.63) is 59.9 Å². The fourth-order valence-electron chi connectivity index (χ4n) is 3.92. The van der Waals surface area contributed by atoms with Gasteiger partial charge in [-0.15, -0.1) is 0 Å². The maximum Gasteiger partial charge on any atom is 0.222 e. The van der Waals surface area contributed by atoms with Crippen LogP contribution in [0, 0.1) is 5.92 Å². The van der Waals surface area contributed by atoms with E-state index in [0.29, 0.717) is 24.1 Å². The smallest absolute Gasteiger partial charge is 0.222 e. The number of rotatable bonds is 5. The lowest BCUT2D eigenvalue weighted by molar-refractivity contribution is -0.130. The van der Waals surface area contributed by atoms with Crippen LogP contribution in [0.15, 0.2) is 48.8 Å². The first-order chi connectivity index (χ1) is 12.2. The van der Waals surface area contributed by atoms with Crippen LogP contribution in [0.5, 0.6) is 5.75 Å². The van der Waals surface area contributed by atoms with Gasteiger partial charge in [0.05, 0.1) is 0 Å². The number of carbonyl (C=O) groups excluding carboxylic acids is 1. The van der Waals surface area contributed by atoms with E-state index in [2.05, 4.69) is 9.88 Å². The summed E-state index contributed by atoms with van der Waals surface area (Å²) >= 11 is 0. The molecule has 2 aromatic rings. The molecule has 3 heterocycles. The quantitative estimate of drug-likeness (QED) is 0.907. The Hall–Kier alpha value is -2.40. The second-order valence-corrected chi connectivity index (χ2v) is 7.08. The number of carbonyl (C=O) groups is 1. The standard InChI is InChI=1S/C20H23N3O2/c24-18-6-3-16(4-7-18)11-22-12-17-13-23(14-19(17)22)20(25)8-5-15-2-1-9-21-10-15/h1-4,6-7,9-10,17,19,24H,5,8,11-14H2/t17-,19-/m1/s1. The van der Waals surface area contributed by atoms with Crippen LogP contribution in [0.4, 0.5) is 0 Å². The van der Waals surface area contributed by atoms with E-state index in [0.717, 1.165) is 38.2 Å². The van der Waals surface area contributed by atoms with Gasteiger partial charge in [-0.25, -0.2) is 0 Å². The number of likely N-dealkylation sites (tertiary alicyclic amines) is 2. The highest BCUT2D eigenvalue weighted by atomic mass is 16.3. The lowest BCUT2D eigenvalue weighted by Crippen LogP contribution is -2.54. The van der Waals surface area contributed by atoms with Crippen LogP contribution in [0.25, 0.3) is 0 Å². The molecule has 0 unspecified atom stereocenters. The summed E-state index contributed by atoms with van der Waals surface area (Å²) in [5.74, 6) is 1.17. The summed E-state index contributed by atoms with van der Waals surface area (Å²) < 4.78 is 0. The zero-order valence-corrected chi connectivity index (χ0v) is 14.2. The number of hydrogen-bond acceptors (Lipinski definition) is 4. The summed E-state index contributed by atoms with van der Waals surface area (Å²) in [4.78, 5) is 21.1. The highest BCUT2D eigenvalue weighted by molar-refractivity contribution is 5.77. The van der Waals surface area contributed by atoms with Crippen molar-refractivity contribution < 1.29 is 9.90 Å². The predicted molar refractivity (Wildman–Crippen MR) is 94.9 cm³/mol. The molecule has 0 aliphatic carbocycles. The van der Waals surface area contributed by atoms with Crippen molar-refractivity contribution in [3.63, 3.8) is 0 Å². The molecule has 0 radical (unpaired) electrons.